The monoisotopic (exact) mass is 301 g/mol. The fourth-order valence-electron chi connectivity index (χ4n) is 1.23. The number of hydrogen-bond acceptors (Lipinski definition) is 2. The van der Waals surface area contributed by atoms with Crippen molar-refractivity contribution in [3.63, 3.8) is 0 Å². The Kier molecular flexibility index (Phi) is 4.85. The lowest BCUT2D eigenvalue weighted by atomic mass is 10.2. The number of alkyl carbamates (subject to hydrolysis) is 1. The van der Waals surface area contributed by atoms with Gasteiger partial charge in [-0.25, -0.2) is 4.79 Å². The molecule has 0 spiro atoms. The molecule has 0 radical (unpaired) electrons. The topological polar surface area (TPSA) is 38.3 Å². The summed E-state index contributed by atoms with van der Waals surface area (Å²) < 4.78 is 77.2. The summed E-state index contributed by atoms with van der Waals surface area (Å²) in [5, 5.41) is 0.756. The fourth-order valence-corrected chi connectivity index (χ4v) is 1.23. The first-order valence-corrected chi connectivity index (χ1v) is 5.21. The average Bonchev–Trinajstić information content (AvgIpc) is 2.32. The van der Waals surface area contributed by atoms with Crippen LogP contribution in [0.2, 0.25) is 0 Å². The zero-order valence-corrected chi connectivity index (χ0v) is 9.76. The number of benzene rings is 1. The van der Waals surface area contributed by atoms with Crippen LogP contribution in [0.3, 0.4) is 0 Å². The molecule has 0 aromatic heterocycles. The Labute approximate surface area is 109 Å². The lowest BCUT2D eigenvalue weighted by Gasteiger charge is -2.23. The zero-order chi connectivity index (χ0) is 15.4. The number of ether oxygens (including phenoxy) is 1. The van der Waals surface area contributed by atoms with Crippen molar-refractivity contribution in [1.82, 2.24) is 5.32 Å². The number of amides is 1. The number of carbonyl (C=O) groups excluding carboxylic acids is 1. The highest BCUT2D eigenvalue weighted by atomic mass is 19.4. The lowest BCUT2D eigenvalue weighted by molar-refractivity contribution is -0.256. The Hall–Kier alpha value is -1.93. The SMILES string of the molecule is O=C(NC(C(F)(F)F)C(F)(F)F)OCc1ccccc1. The number of hydrogen-bond donors (Lipinski definition) is 1. The first-order chi connectivity index (χ1) is 9.10. The maximum atomic E-state index is 12.1. The third kappa shape index (κ3) is 4.98. The van der Waals surface area contributed by atoms with Crippen molar-refractivity contribution in [3.05, 3.63) is 35.9 Å². The maximum Gasteiger partial charge on any atom is 0.417 e. The molecule has 9 heteroatoms. The second kappa shape index (κ2) is 6.02. The minimum Gasteiger partial charge on any atom is -0.445 e. The van der Waals surface area contributed by atoms with Crippen LogP contribution in [0.4, 0.5) is 31.1 Å². The van der Waals surface area contributed by atoms with Crippen molar-refractivity contribution in [2.45, 2.75) is 25.0 Å². The molecule has 0 aliphatic carbocycles. The number of nitrogens with one attached hydrogen (secondary N) is 1. The molecule has 0 heterocycles. The molecule has 0 aliphatic rings. The van der Waals surface area contributed by atoms with Crippen LogP contribution in [0.5, 0.6) is 0 Å². The number of alkyl halides is 6. The molecule has 20 heavy (non-hydrogen) atoms. The minimum absolute atomic E-state index is 0.429. The largest absolute Gasteiger partial charge is 0.445 e. The molecule has 0 atom stereocenters. The van der Waals surface area contributed by atoms with Gasteiger partial charge in [0.2, 0.25) is 6.04 Å². The Morgan fingerprint density at radius 3 is 2.00 bits per heavy atom. The molecule has 0 bridgehead atoms. The van der Waals surface area contributed by atoms with Gasteiger partial charge in [0.15, 0.2) is 0 Å². The molecule has 0 saturated carbocycles. The van der Waals surface area contributed by atoms with Crippen molar-refractivity contribution in [2.24, 2.45) is 0 Å². The molecular formula is C11H9F6NO2. The molecule has 0 unspecified atom stereocenters. The van der Waals surface area contributed by atoms with Crippen molar-refractivity contribution < 1.29 is 35.9 Å². The van der Waals surface area contributed by atoms with E-state index in [4.69, 9.17) is 0 Å². The van der Waals surface area contributed by atoms with Crippen molar-refractivity contribution in [2.75, 3.05) is 0 Å². The quantitative estimate of drug-likeness (QED) is 0.869. The van der Waals surface area contributed by atoms with Gasteiger partial charge in [0.25, 0.3) is 0 Å². The van der Waals surface area contributed by atoms with Gasteiger partial charge >= 0.3 is 18.4 Å². The molecule has 112 valence electrons. The van der Waals surface area contributed by atoms with Gasteiger partial charge in [-0.15, -0.1) is 0 Å². The summed E-state index contributed by atoms with van der Waals surface area (Å²) in [5.74, 6) is 0. The highest BCUT2D eigenvalue weighted by Crippen LogP contribution is 2.33. The van der Waals surface area contributed by atoms with Crippen LogP contribution in [0, 0.1) is 0 Å². The molecule has 0 aliphatic heterocycles. The summed E-state index contributed by atoms with van der Waals surface area (Å²) in [7, 11) is 0. The highest BCUT2D eigenvalue weighted by Gasteiger charge is 2.57. The molecule has 1 rings (SSSR count). The van der Waals surface area contributed by atoms with Gasteiger partial charge in [0.05, 0.1) is 0 Å². The molecule has 0 saturated heterocycles. The molecule has 0 fully saturated rings. The predicted molar refractivity (Wildman–Crippen MR) is 55.7 cm³/mol. The second-order valence-corrected chi connectivity index (χ2v) is 3.72. The van der Waals surface area contributed by atoms with Crippen LogP contribution in [-0.4, -0.2) is 24.5 Å². The molecule has 1 amide bonds. The van der Waals surface area contributed by atoms with Crippen LogP contribution >= 0.6 is 0 Å². The van der Waals surface area contributed by atoms with Gasteiger partial charge in [-0.3, -0.25) is 0 Å². The Morgan fingerprint density at radius 2 is 1.55 bits per heavy atom. The normalized spacial score (nSPS) is 12.3. The minimum atomic E-state index is -5.65. The van der Waals surface area contributed by atoms with Gasteiger partial charge in [-0.05, 0) is 5.56 Å². The number of carbonyl (C=O) groups is 1. The van der Waals surface area contributed by atoms with Crippen LogP contribution in [0.15, 0.2) is 30.3 Å². The van der Waals surface area contributed by atoms with E-state index in [0.29, 0.717) is 5.56 Å². The van der Waals surface area contributed by atoms with Crippen LogP contribution in [0.25, 0.3) is 0 Å². The third-order valence-electron chi connectivity index (χ3n) is 2.13. The van der Waals surface area contributed by atoms with Crippen molar-refractivity contribution in [3.8, 4) is 0 Å². The van der Waals surface area contributed by atoms with Gasteiger partial charge in [-0.1, -0.05) is 30.3 Å². The zero-order valence-electron chi connectivity index (χ0n) is 9.76. The van der Waals surface area contributed by atoms with E-state index in [0.717, 1.165) is 5.32 Å². The first kappa shape index (κ1) is 16.1. The van der Waals surface area contributed by atoms with E-state index < -0.39 is 31.1 Å². The maximum absolute atomic E-state index is 12.1. The second-order valence-electron chi connectivity index (χ2n) is 3.72. The van der Waals surface area contributed by atoms with E-state index in [1.807, 2.05) is 0 Å². The summed E-state index contributed by atoms with van der Waals surface area (Å²) >= 11 is 0. The number of halogens is 6. The molecule has 1 aromatic carbocycles. The summed E-state index contributed by atoms with van der Waals surface area (Å²) in [6.07, 6.45) is -13.1. The van der Waals surface area contributed by atoms with E-state index in [9.17, 15) is 31.1 Å². The Balaban J connectivity index is 2.59. The van der Waals surface area contributed by atoms with Crippen LogP contribution in [0.1, 0.15) is 5.56 Å². The molecular weight excluding hydrogens is 292 g/mol. The van der Waals surface area contributed by atoms with Crippen molar-refractivity contribution in [1.29, 1.82) is 0 Å². The Bertz CT molecular complexity index is 428. The van der Waals surface area contributed by atoms with Gasteiger partial charge in [0, 0.05) is 0 Å². The summed E-state index contributed by atoms with van der Waals surface area (Å²) in [6, 6.07) is 3.83. The molecule has 1 aromatic rings. The van der Waals surface area contributed by atoms with Crippen molar-refractivity contribution >= 4 is 6.09 Å². The predicted octanol–water partition coefficient (Wildman–Crippen LogP) is 3.41. The Morgan fingerprint density at radius 1 is 1.05 bits per heavy atom. The van der Waals surface area contributed by atoms with E-state index in [1.165, 1.54) is 12.1 Å². The van der Waals surface area contributed by atoms with Gasteiger partial charge in [-0.2, -0.15) is 26.3 Å². The fraction of sp³-hybridized carbons (Fsp3) is 0.364. The van der Waals surface area contributed by atoms with Crippen LogP contribution in [-0.2, 0) is 11.3 Å². The van der Waals surface area contributed by atoms with Crippen LogP contribution < -0.4 is 5.32 Å². The lowest BCUT2D eigenvalue weighted by Crippen LogP contribution is -2.54. The summed E-state index contributed by atoms with van der Waals surface area (Å²) in [5.41, 5.74) is 0.429. The standard InChI is InChI=1S/C11H9F6NO2/c12-10(13,14)8(11(15,16)17)18-9(19)20-6-7-4-2-1-3-5-7/h1-5,8H,6H2,(H,18,19). The van der Waals surface area contributed by atoms with E-state index in [2.05, 4.69) is 4.74 Å². The number of rotatable bonds is 3. The first-order valence-electron chi connectivity index (χ1n) is 5.21. The molecule has 3 nitrogen and oxygen atoms in total. The summed E-state index contributed by atoms with van der Waals surface area (Å²) in [4.78, 5) is 11.0. The highest BCUT2D eigenvalue weighted by molar-refractivity contribution is 5.67. The smallest absolute Gasteiger partial charge is 0.417 e. The van der Waals surface area contributed by atoms with E-state index in [-0.39, 0.29) is 0 Å². The summed E-state index contributed by atoms with van der Waals surface area (Å²) in [6.45, 7) is -0.435. The van der Waals surface area contributed by atoms with E-state index in [1.54, 1.807) is 18.2 Å². The van der Waals surface area contributed by atoms with E-state index >= 15 is 0 Å². The van der Waals surface area contributed by atoms with Gasteiger partial charge < -0.3 is 10.1 Å². The molecule has 1 N–H and O–H groups in total. The third-order valence-corrected chi connectivity index (χ3v) is 2.13. The van der Waals surface area contributed by atoms with Gasteiger partial charge in [0.1, 0.15) is 6.61 Å². The average molecular weight is 301 g/mol.